The Balaban J connectivity index is 0. The minimum absolute atomic E-state index is 0. The Labute approximate surface area is 125 Å². The first-order valence-corrected chi connectivity index (χ1v) is 8.27. The molecular formula is C9H20NNaO3S2. The van der Waals surface area contributed by atoms with Crippen LogP contribution in [-0.4, -0.2) is 25.3 Å². The molecule has 0 saturated heterocycles. The molecular weight excluding hydrogens is 257 g/mol. The third-order valence-electron chi connectivity index (χ3n) is 2.08. The Hall–Kier alpha value is 1.22. The van der Waals surface area contributed by atoms with Crippen LogP contribution in [0.2, 0.25) is 0 Å². The van der Waals surface area contributed by atoms with E-state index in [2.05, 4.69) is 0 Å². The Kier molecular flexibility index (Phi) is 15.5. The largest absolute Gasteiger partial charge is 1.00 e. The second-order valence-corrected chi connectivity index (χ2v) is 6.89. The van der Waals surface area contributed by atoms with Gasteiger partial charge in [0, 0.05) is 5.75 Å². The van der Waals surface area contributed by atoms with Crippen LogP contribution in [0.5, 0.6) is 0 Å². The first kappa shape index (κ1) is 19.6. The van der Waals surface area contributed by atoms with Gasteiger partial charge in [-0.05, 0) is 30.2 Å². The molecule has 2 N–H and O–H groups in total. The molecule has 0 amide bonds. The van der Waals surface area contributed by atoms with Gasteiger partial charge in [-0.25, -0.2) is 8.42 Å². The van der Waals surface area contributed by atoms with E-state index in [1.807, 2.05) is 0 Å². The van der Waals surface area contributed by atoms with E-state index in [9.17, 15) is 13.0 Å². The Morgan fingerprint density at radius 1 is 0.938 bits per heavy atom. The van der Waals surface area contributed by atoms with Crippen molar-refractivity contribution in [2.24, 2.45) is 5.73 Å². The second kappa shape index (κ2) is 12.7. The van der Waals surface area contributed by atoms with Crippen molar-refractivity contribution in [1.82, 2.24) is 0 Å². The van der Waals surface area contributed by atoms with E-state index in [4.69, 9.17) is 5.73 Å². The van der Waals surface area contributed by atoms with Gasteiger partial charge < -0.3 is 10.3 Å². The zero-order valence-electron chi connectivity index (χ0n) is 9.98. The number of hydrogen-bond acceptors (Lipinski definition) is 5. The summed E-state index contributed by atoms with van der Waals surface area (Å²) in [5, 5.41) is 0. The molecule has 0 saturated carbocycles. The van der Waals surface area contributed by atoms with Crippen LogP contribution in [0.4, 0.5) is 0 Å². The van der Waals surface area contributed by atoms with Crippen molar-refractivity contribution in [3.8, 4) is 0 Å². The number of nitrogens with two attached hydrogens (primary N) is 1. The van der Waals surface area contributed by atoms with Gasteiger partial charge in [-0.15, -0.1) is 0 Å². The van der Waals surface area contributed by atoms with Crippen LogP contribution in [-0.2, 0) is 9.15 Å². The Morgan fingerprint density at radius 2 is 1.38 bits per heavy atom. The first-order valence-electron chi connectivity index (χ1n) is 5.36. The van der Waals surface area contributed by atoms with Crippen molar-refractivity contribution in [2.75, 3.05) is 12.3 Å². The summed E-state index contributed by atoms with van der Waals surface area (Å²) >= 11 is 0. The van der Waals surface area contributed by atoms with E-state index in [1.165, 1.54) is 19.3 Å². The summed E-state index contributed by atoms with van der Waals surface area (Å²) in [4.78, 5) is 0. The third-order valence-corrected chi connectivity index (χ3v) is 4.19. The topological polar surface area (TPSA) is 83.2 Å². The zero-order chi connectivity index (χ0) is 11.6. The predicted molar refractivity (Wildman–Crippen MR) is 63.5 cm³/mol. The van der Waals surface area contributed by atoms with Crippen molar-refractivity contribution in [2.45, 2.75) is 44.9 Å². The summed E-state index contributed by atoms with van der Waals surface area (Å²) < 4.78 is 30.7. The smallest absolute Gasteiger partial charge is 0.739 e. The Morgan fingerprint density at radius 3 is 1.81 bits per heavy atom. The van der Waals surface area contributed by atoms with Crippen LogP contribution in [0, 0.1) is 0 Å². The fraction of sp³-hybridized carbons (Fsp3) is 1.00. The molecule has 0 aliphatic heterocycles. The van der Waals surface area contributed by atoms with Crippen molar-refractivity contribution < 1.29 is 42.5 Å². The molecule has 0 aliphatic rings. The van der Waals surface area contributed by atoms with Crippen molar-refractivity contribution in [1.29, 1.82) is 0 Å². The van der Waals surface area contributed by atoms with Crippen molar-refractivity contribution in [3.05, 3.63) is 0 Å². The number of unbranched alkanes of at least 4 members (excludes halogenated alkanes) is 6. The van der Waals surface area contributed by atoms with Gasteiger partial charge in [0.2, 0.25) is 0 Å². The summed E-state index contributed by atoms with van der Waals surface area (Å²) in [6.45, 7) is 0.762. The minimum Gasteiger partial charge on any atom is -0.739 e. The van der Waals surface area contributed by atoms with E-state index >= 15 is 0 Å². The molecule has 0 spiro atoms. The summed E-state index contributed by atoms with van der Waals surface area (Å²) in [6.07, 6.45) is 7.57. The van der Waals surface area contributed by atoms with Gasteiger partial charge in [-0.3, -0.25) is 0 Å². The maximum absolute atomic E-state index is 10.2. The van der Waals surface area contributed by atoms with E-state index in [-0.39, 0.29) is 29.6 Å². The molecule has 0 aromatic carbocycles. The number of hydrogen-bond donors (Lipinski definition) is 1. The van der Waals surface area contributed by atoms with Gasteiger partial charge in [-0.2, -0.15) is 0 Å². The summed E-state index contributed by atoms with van der Waals surface area (Å²) in [5.74, 6) is 0.425. The van der Waals surface area contributed by atoms with Crippen LogP contribution in [0.15, 0.2) is 0 Å². The van der Waals surface area contributed by atoms with Crippen LogP contribution < -0.4 is 35.3 Å². The average molecular weight is 277 g/mol. The molecule has 0 radical (unpaired) electrons. The molecule has 0 rings (SSSR count). The minimum atomic E-state index is -4.08. The molecule has 4 nitrogen and oxygen atoms in total. The maximum Gasteiger partial charge on any atom is 1.00 e. The maximum atomic E-state index is 10.2. The standard InChI is InChI=1S/C9H21NO3S2.Na/c10-8-6-4-2-1-3-5-7-9-14-15(11,12)13;/h1-10H2,(H,11,12,13);/q;+1/p-1. The fourth-order valence-electron chi connectivity index (χ4n) is 1.29. The normalized spacial score (nSPS) is 11.1. The quantitative estimate of drug-likeness (QED) is 0.236. The summed E-state index contributed by atoms with van der Waals surface area (Å²) in [5.41, 5.74) is 5.36. The van der Waals surface area contributed by atoms with Crippen LogP contribution >= 0.6 is 10.8 Å². The molecule has 0 fully saturated rings. The van der Waals surface area contributed by atoms with Crippen LogP contribution in [0.1, 0.15) is 44.9 Å². The monoisotopic (exact) mass is 277 g/mol. The fourth-order valence-corrected chi connectivity index (χ4v) is 2.78. The summed E-state index contributed by atoms with van der Waals surface area (Å²) in [7, 11) is -3.57. The molecule has 0 unspecified atom stereocenters. The zero-order valence-corrected chi connectivity index (χ0v) is 13.6. The molecule has 0 heterocycles. The van der Waals surface area contributed by atoms with Gasteiger partial charge in [0.15, 0.2) is 0 Å². The van der Waals surface area contributed by atoms with Gasteiger partial charge >= 0.3 is 29.6 Å². The van der Waals surface area contributed by atoms with Crippen LogP contribution in [0.25, 0.3) is 0 Å². The molecule has 0 aromatic heterocycles. The molecule has 0 aromatic rings. The van der Waals surface area contributed by atoms with Gasteiger partial charge in [0.1, 0.15) is 9.15 Å². The second-order valence-electron chi connectivity index (χ2n) is 3.49. The summed E-state index contributed by atoms with van der Waals surface area (Å²) in [6, 6.07) is 0. The van der Waals surface area contributed by atoms with Gasteiger partial charge in [-0.1, -0.05) is 32.1 Å². The predicted octanol–water partition coefficient (Wildman–Crippen LogP) is -1.13. The average Bonchev–Trinajstić information content (AvgIpc) is 2.14. The Bertz CT molecular complexity index is 235. The molecule has 0 aliphatic carbocycles. The SMILES string of the molecule is NCCCCCCCCCSS(=O)(=O)[O-].[Na+]. The molecule has 0 atom stereocenters. The number of rotatable bonds is 10. The van der Waals surface area contributed by atoms with Crippen LogP contribution in [0.3, 0.4) is 0 Å². The first-order chi connectivity index (χ1) is 7.06. The van der Waals surface area contributed by atoms with Crippen molar-refractivity contribution >= 4 is 19.9 Å². The molecule has 92 valence electrons. The molecule has 7 heteroatoms. The van der Waals surface area contributed by atoms with E-state index in [0.29, 0.717) is 16.5 Å². The van der Waals surface area contributed by atoms with E-state index in [1.54, 1.807) is 0 Å². The van der Waals surface area contributed by atoms with E-state index < -0.39 is 9.15 Å². The van der Waals surface area contributed by atoms with E-state index in [0.717, 1.165) is 32.2 Å². The van der Waals surface area contributed by atoms with Gasteiger partial charge in [0.05, 0.1) is 0 Å². The molecule has 0 bridgehead atoms. The third kappa shape index (κ3) is 17.6. The van der Waals surface area contributed by atoms with Gasteiger partial charge in [0.25, 0.3) is 0 Å². The van der Waals surface area contributed by atoms with Crippen molar-refractivity contribution in [3.63, 3.8) is 0 Å². The molecule has 16 heavy (non-hydrogen) atoms.